The van der Waals surface area contributed by atoms with Crippen LogP contribution in [0.2, 0.25) is 0 Å². The van der Waals surface area contributed by atoms with Gasteiger partial charge < -0.3 is 37.6 Å². The van der Waals surface area contributed by atoms with Gasteiger partial charge in [-0.3, -0.25) is 19.2 Å². The van der Waals surface area contributed by atoms with Crippen LogP contribution in [0.4, 0.5) is 0 Å². The molecule has 0 fully saturated rings. The van der Waals surface area contributed by atoms with E-state index in [0.29, 0.717) is 5.56 Å². The number of phenols is 1. The Labute approximate surface area is 210 Å². The Bertz CT molecular complexity index is 933. The molecule has 0 radical (unpaired) electrons. The third kappa shape index (κ3) is 9.90. The van der Waals surface area contributed by atoms with Crippen LogP contribution in [0.3, 0.4) is 0 Å². The minimum atomic E-state index is -1.30. The lowest BCUT2D eigenvalue weighted by atomic mass is 10.00. The number of primary amides is 1. The highest BCUT2D eigenvalue weighted by molar-refractivity contribution is 5.94. The molecule has 200 valence electrons. The molecule has 4 amide bonds. The van der Waals surface area contributed by atoms with E-state index in [-0.39, 0.29) is 30.9 Å². The number of rotatable bonds is 14. The van der Waals surface area contributed by atoms with E-state index in [2.05, 4.69) is 16.0 Å². The largest absolute Gasteiger partial charge is 0.508 e. The zero-order chi connectivity index (χ0) is 27.6. The van der Waals surface area contributed by atoms with Crippen molar-refractivity contribution >= 4 is 29.6 Å². The molecule has 0 aliphatic heterocycles. The van der Waals surface area contributed by atoms with E-state index in [0.717, 1.165) is 0 Å². The molecule has 0 spiro atoms. The van der Waals surface area contributed by atoms with Crippen LogP contribution >= 0.6 is 0 Å². The standard InChI is InChI=1S/C24H37N5O7/c1-12(2)19(26)22(33)27-16(9-10-18(25)31)21(32)29-20(13(3)4)23(34)28-17(24(35)36)11-14-5-7-15(30)8-6-14/h5-8,12-13,16-17,19-20,30H,9-11,26H2,1-4H3,(H2,25,31)(H,27,33)(H,28,34)(H,29,32)(H,35,36). The van der Waals surface area contributed by atoms with Crippen molar-refractivity contribution in [2.75, 3.05) is 0 Å². The Morgan fingerprint density at radius 1 is 0.833 bits per heavy atom. The smallest absolute Gasteiger partial charge is 0.326 e. The fourth-order valence-electron chi connectivity index (χ4n) is 3.24. The van der Waals surface area contributed by atoms with Gasteiger partial charge in [-0.25, -0.2) is 4.79 Å². The molecule has 4 atom stereocenters. The van der Waals surface area contributed by atoms with E-state index < -0.39 is 59.7 Å². The lowest BCUT2D eigenvalue weighted by Crippen LogP contribution is -2.59. The van der Waals surface area contributed by atoms with Crippen molar-refractivity contribution in [3.05, 3.63) is 29.8 Å². The Morgan fingerprint density at radius 3 is 1.86 bits per heavy atom. The fraction of sp³-hybridized carbons (Fsp3) is 0.542. The quantitative estimate of drug-likeness (QED) is 0.172. The molecule has 1 aromatic rings. The first kappa shape index (κ1) is 30.4. The number of benzene rings is 1. The van der Waals surface area contributed by atoms with Gasteiger partial charge in [-0.05, 0) is 36.0 Å². The molecule has 9 N–H and O–H groups in total. The summed E-state index contributed by atoms with van der Waals surface area (Å²) in [4.78, 5) is 61.4. The zero-order valence-electron chi connectivity index (χ0n) is 21.0. The van der Waals surface area contributed by atoms with Crippen LogP contribution in [-0.2, 0) is 30.4 Å². The average molecular weight is 508 g/mol. The van der Waals surface area contributed by atoms with Crippen molar-refractivity contribution in [3.8, 4) is 5.75 Å². The molecule has 1 rings (SSSR count). The fourth-order valence-corrected chi connectivity index (χ4v) is 3.24. The Hall–Kier alpha value is -3.67. The van der Waals surface area contributed by atoms with Gasteiger partial charge in [0.1, 0.15) is 23.9 Å². The van der Waals surface area contributed by atoms with Gasteiger partial charge >= 0.3 is 5.97 Å². The summed E-state index contributed by atoms with van der Waals surface area (Å²) in [6.07, 6.45) is -0.352. The predicted molar refractivity (Wildman–Crippen MR) is 131 cm³/mol. The van der Waals surface area contributed by atoms with Crippen molar-refractivity contribution in [1.82, 2.24) is 16.0 Å². The maximum absolute atomic E-state index is 13.0. The van der Waals surface area contributed by atoms with Crippen LogP contribution in [0.25, 0.3) is 0 Å². The van der Waals surface area contributed by atoms with Gasteiger partial charge in [0.15, 0.2) is 0 Å². The average Bonchev–Trinajstić information content (AvgIpc) is 2.79. The van der Waals surface area contributed by atoms with Crippen molar-refractivity contribution in [2.24, 2.45) is 23.3 Å². The maximum atomic E-state index is 13.0. The van der Waals surface area contributed by atoms with Crippen LogP contribution in [0, 0.1) is 11.8 Å². The van der Waals surface area contributed by atoms with Gasteiger partial charge in [-0.2, -0.15) is 0 Å². The Morgan fingerprint density at radius 2 is 1.39 bits per heavy atom. The second-order valence-corrected chi connectivity index (χ2v) is 9.34. The molecule has 0 saturated heterocycles. The zero-order valence-corrected chi connectivity index (χ0v) is 21.0. The SMILES string of the molecule is CC(C)C(N)C(=O)NC(CCC(N)=O)C(=O)NC(C(=O)NC(Cc1ccc(O)cc1)C(=O)O)C(C)C. The molecule has 0 aliphatic rings. The number of amides is 4. The molecule has 36 heavy (non-hydrogen) atoms. The topological polar surface area (TPSA) is 214 Å². The van der Waals surface area contributed by atoms with Crippen LogP contribution in [0.5, 0.6) is 5.75 Å². The number of nitrogens with two attached hydrogens (primary N) is 2. The number of carboxylic acid groups (broad SMARTS) is 1. The van der Waals surface area contributed by atoms with Gasteiger partial charge in [-0.15, -0.1) is 0 Å². The first-order valence-corrected chi connectivity index (χ1v) is 11.7. The number of carboxylic acids is 1. The molecular formula is C24H37N5O7. The van der Waals surface area contributed by atoms with Crippen molar-refractivity contribution in [3.63, 3.8) is 0 Å². The number of aromatic hydroxyl groups is 1. The minimum Gasteiger partial charge on any atom is -0.508 e. The predicted octanol–water partition coefficient (Wildman–Crippen LogP) is -0.621. The highest BCUT2D eigenvalue weighted by Crippen LogP contribution is 2.12. The van der Waals surface area contributed by atoms with Gasteiger partial charge in [0, 0.05) is 12.8 Å². The van der Waals surface area contributed by atoms with Crippen molar-refractivity contribution in [2.45, 2.75) is 71.1 Å². The molecule has 1 aromatic carbocycles. The molecule has 12 nitrogen and oxygen atoms in total. The lowest BCUT2D eigenvalue weighted by molar-refractivity contribution is -0.142. The Balaban J connectivity index is 3.00. The molecule has 0 saturated carbocycles. The van der Waals surface area contributed by atoms with Gasteiger partial charge in [-0.1, -0.05) is 39.8 Å². The van der Waals surface area contributed by atoms with Crippen LogP contribution in [0.15, 0.2) is 24.3 Å². The summed E-state index contributed by atoms with van der Waals surface area (Å²) in [5, 5.41) is 26.5. The van der Waals surface area contributed by atoms with Crippen LogP contribution in [-0.4, -0.2) is 64.0 Å². The third-order valence-electron chi connectivity index (χ3n) is 5.57. The van der Waals surface area contributed by atoms with E-state index in [1.807, 2.05) is 0 Å². The van der Waals surface area contributed by atoms with Crippen LogP contribution < -0.4 is 27.4 Å². The number of hydrogen-bond acceptors (Lipinski definition) is 7. The molecule has 0 aromatic heterocycles. The van der Waals surface area contributed by atoms with E-state index in [9.17, 15) is 34.2 Å². The summed E-state index contributed by atoms with van der Waals surface area (Å²) in [5.74, 6) is -4.65. The molecular weight excluding hydrogens is 470 g/mol. The first-order chi connectivity index (χ1) is 16.7. The number of carbonyl (C=O) groups is 5. The summed E-state index contributed by atoms with van der Waals surface area (Å²) < 4.78 is 0. The molecule has 12 heteroatoms. The van der Waals surface area contributed by atoms with Gasteiger partial charge in [0.05, 0.1) is 6.04 Å². The molecule has 0 aliphatic carbocycles. The highest BCUT2D eigenvalue weighted by atomic mass is 16.4. The summed E-state index contributed by atoms with van der Waals surface area (Å²) in [7, 11) is 0. The Kier molecular flexibility index (Phi) is 11.8. The molecule has 0 bridgehead atoms. The monoisotopic (exact) mass is 507 g/mol. The van der Waals surface area contributed by atoms with E-state index >= 15 is 0 Å². The number of phenolic OH excluding ortho intramolecular Hbond substituents is 1. The summed E-state index contributed by atoms with van der Waals surface area (Å²) in [5.41, 5.74) is 11.6. The van der Waals surface area contributed by atoms with Gasteiger partial charge in [0.2, 0.25) is 23.6 Å². The normalized spacial score (nSPS) is 14.4. The maximum Gasteiger partial charge on any atom is 0.326 e. The second kappa shape index (κ2) is 14.0. The lowest BCUT2D eigenvalue weighted by Gasteiger charge is -2.27. The van der Waals surface area contributed by atoms with Gasteiger partial charge in [0.25, 0.3) is 0 Å². The highest BCUT2D eigenvalue weighted by Gasteiger charge is 2.32. The third-order valence-corrected chi connectivity index (χ3v) is 5.57. The second-order valence-electron chi connectivity index (χ2n) is 9.34. The number of aliphatic carboxylic acids is 1. The minimum absolute atomic E-state index is 0.0181. The number of hydrogen-bond donors (Lipinski definition) is 7. The van der Waals surface area contributed by atoms with Crippen molar-refractivity contribution in [1.29, 1.82) is 0 Å². The molecule has 0 heterocycles. The summed E-state index contributed by atoms with van der Waals surface area (Å²) in [6, 6.07) is 1.36. The van der Waals surface area contributed by atoms with E-state index in [1.165, 1.54) is 24.3 Å². The number of nitrogens with one attached hydrogen (secondary N) is 3. The summed E-state index contributed by atoms with van der Waals surface area (Å²) >= 11 is 0. The number of carbonyl (C=O) groups excluding carboxylic acids is 4. The first-order valence-electron chi connectivity index (χ1n) is 11.7. The molecule has 4 unspecified atom stereocenters. The van der Waals surface area contributed by atoms with E-state index in [4.69, 9.17) is 11.5 Å². The van der Waals surface area contributed by atoms with Crippen molar-refractivity contribution < 1.29 is 34.2 Å². The summed E-state index contributed by atoms with van der Waals surface area (Å²) in [6.45, 7) is 6.79. The van der Waals surface area contributed by atoms with Crippen LogP contribution in [0.1, 0.15) is 46.1 Å². The van der Waals surface area contributed by atoms with E-state index in [1.54, 1.807) is 27.7 Å².